The zero-order valence-electron chi connectivity index (χ0n) is 11.9. The number of aliphatic hydroxyl groups is 1. The summed E-state index contributed by atoms with van der Waals surface area (Å²) in [6, 6.07) is 9.98. The van der Waals surface area contributed by atoms with Crippen LogP contribution in [0.2, 0.25) is 0 Å². The maximum Gasteiger partial charge on any atom is 0.157 e. The first kappa shape index (κ1) is 15.4. The van der Waals surface area contributed by atoms with Gasteiger partial charge in [-0.15, -0.1) is 0 Å². The van der Waals surface area contributed by atoms with Crippen LogP contribution in [-0.4, -0.2) is 37.8 Å². The Labute approximate surface area is 120 Å². The molecular formula is C16H24O4. The molecule has 0 aliphatic carbocycles. The van der Waals surface area contributed by atoms with E-state index in [1.807, 2.05) is 30.3 Å². The van der Waals surface area contributed by atoms with Gasteiger partial charge in [-0.05, 0) is 24.8 Å². The summed E-state index contributed by atoms with van der Waals surface area (Å²) in [7, 11) is 0. The Morgan fingerprint density at radius 3 is 2.75 bits per heavy atom. The van der Waals surface area contributed by atoms with Gasteiger partial charge in [0.1, 0.15) is 0 Å². The first-order valence-electron chi connectivity index (χ1n) is 7.41. The van der Waals surface area contributed by atoms with Crippen LogP contribution in [-0.2, 0) is 14.2 Å². The van der Waals surface area contributed by atoms with E-state index < -0.39 is 0 Å². The van der Waals surface area contributed by atoms with E-state index in [-0.39, 0.29) is 19.0 Å². The van der Waals surface area contributed by atoms with E-state index in [0.717, 1.165) is 25.0 Å². The molecule has 1 heterocycles. The number of hydrogen-bond acceptors (Lipinski definition) is 4. The van der Waals surface area contributed by atoms with Gasteiger partial charge in [-0.3, -0.25) is 0 Å². The Kier molecular flexibility index (Phi) is 7.01. The first-order chi connectivity index (χ1) is 9.90. The van der Waals surface area contributed by atoms with Crippen LogP contribution in [0.15, 0.2) is 30.3 Å². The van der Waals surface area contributed by atoms with Gasteiger partial charge in [0, 0.05) is 19.6 Å². The van der Waals surface area contributed by atoms with Gasteiger partial charge in [0.15, 0.2) is 6.29 Å². The molecule has 1 N–H and O–H groups in total. The average molecular weight is 280 g/mol. The van der Waals surface area contributed by atoms with Crippen molar-refractivity contribution in [3.63, 3.8) is 0 Å². The van der Waals surface area contributed by atoms with Gasteiger partial charge in [0.2, 0.25) is 0 Å². The summed E-state index contributed by atoms with van der Waals surface area (Å²) >= 11 is 0. The molecule has 20 heavy (non-hydrogen) atoms. The highest BCUT2D eigenvalue weighted by atomic mass is 16.7. The maximum atomic E-state index is 9.13. The lowest BCUT2D eigenvalue weighted by Gasteiger charge is -2.23. The summed E-state index contributed by atoms with van der Waals surface area (Å²) in [5.41, 5.74) is 1.09. The highest BCUT2D eigenvalue weighted by molar-refractivity contribution is 5.17. The largest absolute Gasteiger partial charge is 0.396 e. The molecule has 0 spiro atoms. The van der Waals surface area contributed by atoms with E-state index in [4.69, 9.17) is 19.3 Å². The Hall–Kier alpha value is -0.940. The fourth-order valence-corrected chi connectivity index (χ4v) is 2.34. The molecule has 1 aliphatic rings. The molecule has 0 aromatic heterocycles. The van der Waals surface area contributed by atoms with E-state index >= 15 is 0 Å². The predicted octanol–water partition coefficient (Wildman–Crippen LogP) is 2.67. The molecule has 1 aliphatic heterocycles. The highest BCUT2D eigenvalue weighted by Crippen LogP contribution is 2.20. The van der Waals surface area contributed by atoms with Crippen molar-refractivity contribution >= 4 is 0 Å². The highest BCUT2D eigenvalue weighted by Gasteiger charge is 2.15. The average Bonchev–Trinajstić information content (AvgIpc) is 2.52. The van der Waals surface area contributed by atoms with Gasteiger partial charge < -0.3 is 19.3 Å². The minimum atomic E-state index is -0.0722. The topological polar surface area (TPSA) is 47.9 Å². The summed E-state index contributed by atoms with van der Waals surface area (Å²) in [5.74, 6) is 0. The summed E-state index contributed by atoms with van der Waals surface area (Å²) < 4.78 is 17.0. The van der Waals surface area contributed by atoms with Crippen molar-refractivity contribution in [2.75, 3.05) is 26.4 Å². The number of benzene rings is 1. The minimum absolute atomic E-state index is 0.0691. The fraction of sp³-hybridized carbons (Fsp3) is 0.625. The Morgan fingerprint density at radius 1 is 1.20 bits per heavy atom. The third-order valence-electron chi connectivity index (χ3n) is 3.41. The van der Waals surface area contributed by atoms with Crippen LogP contribution >= 0.6 is 0 Å². The van der Waals surface area contributed by atoms with E-state index in [1.165, 1.54) is 6.42 Å². The molecule has 2 atom stereocenters. The predicted molar refractivity (Wildman–Crippen MR) is 76.4 cm³/mol. The van der Waals surface area contributed by atoms with Gasteiger partial charge in [-0.25, -0.2) is 0 Å². The van der Waals surface area contributed by atoms with Crippen molar-refractivity contribution in [1.29, 1.82) is 0 Å². The number of aliphatic hydroxyl groups excluding tert-OH is 1. The van der Waals surface area contributed by atoms with Crippen LogP contribution in [0.25, 0.3) is 0 Å². The number of hydrogen-bond donors (Lipinski definition) is 1. The molecule has 112 valence electrons. The van der Waals surface area contributed by atoms with Crippen LogP contribution in [0, 0.1) is 0 Å². The summed E-state index contributed by atoms with van der Waals surface area (Å²) in [4.78, 5) is 0. The van der Waals surface area contributed by atoms with E-state index in [1.54, 1.807) is 0 Å². The monoisotopic (exact) mass is 280 g/mol. The van der Waals surface area contributed by atoms with Crippen molar-refractivity contribution < 1.29 is 19.3 Å². The minimum Gasteiger partial charge on any atom is -0.396 e. The molecule has 4 heteroatoms. The van der Waals surface area contributed by atoms with Crippen LogP contribution in [0.1, 0.15) is 37.4 Å². The van der Waals surface area contributed by atoms with Gasteiger partial charge >= 0.3 is 0 Å². The number of rotatable bonds is 8. The van der Waals surface area contributed by atoms with Crippen molar-refractivity contribution in [3.8, 4) is 0 Å². The zero-order valence-corrected chi connectivity index (χ0v) is 11.9. The smallest absolute Gasteiger partial charge is 0.157 e. The van der Waals surface area contributed by atoms with Gasteiger partial charge in [-0.2, -0.15) is 0 Å². The van der Waals surface area contributed by atoms with Gasteiger partial charge in [0.25, 0.3) is 0 Å². The first-order valence-corrected chi connectivity index (χ1v) is 7.41. The third kappa shape index (κ3) is 5.21. The van der Waals surface area contributed by atoms with Crippen LogP contribution < -0.4 is 0 Å². The molecule has 0 bridgehead atoms. The fourth-order valence-electron chi connectivity index (χ4n) is 2.34. The third-order valence-corrected chi connectivity index (χ3v) is 3.41. The van der Waals surface area contributed by atoms with Crippen LogP contribution in [0.3, 0.4) is 0 Å². The standard InChI is InChI=1S/C16H24O4/c17-10-9-15(14-6-2-1-3-7-14)18-12-13-20-16-8-4-5-11-19-16/h1-3,6-7,15-17H,4-5,8-13H2. The normalized spacial score (nSPS) is 20.8. The van der Waals surface area contributed by atoms with Crippen molar-refractivity contribution in [2.24, 2.45) is 0 Å². The second kappa shape index (κ2) is 9.08. The lowest BCUT2D eigenvalue weighted by molar-refractivity contribution is -0.172. The quantitative estimate of drug-likeness (QED) is 0.744. The molecule has 1 aromatic rings. The molecule has 1 fully saturated rings. The lowest BCUT2D eigenvalue weighted by atomic mass is 10.1. The molecule has 4 nitrogen and oxygen atoms in total. The van der Waals surface area contributed by atoms with Crippen molar-refractivity contribution in [3.05, 3.63) is 35.9 Å². The molecule has 2 rings (SSSR count). The van der Waals surface area contributed by atoms with Crippen LogP contribution in [0.5, 0.6) is 0 Å². The molecule has 0 radical (unpaired) electrons. The second-order valence-corrected chi connectivity index (χ2v) is 4.95. The van der Waals surface area contributed by atoms with Gasteiger partial charge in [-0.1, -0.05) is 30.3 Å². The van der Waals surface area contributed by atoms with Gasteiger partial charge in [0.05, 0.1) is 19.3 Å². The Morgan fingerprint density at radius 2 is 2.05 bits per heavy atom. The maximum absolute atomic E-state index is 9.13. The summed E-state index contributed by atoms with van der Waals surface area (Å²) in [6.45, 7) is 1.95. The molecule has 1 aromatic carbocycles. The van der Waals surface area contributed by atoms with Crippen molar-refractivity contribution in [2.45, 2.75) is 38.1 Å². The molecular weight excluding hydrogens is 256 g/mol. The molecule has 2 unspecified atom stereocenters. The van der Waals surface area contributed by atoms with Crippen molar-refractivity contribution in [1.82, 2.24) is 0 Å². The molecule has 0 amide bonds. The van der Waals surface area contributed by atoms with E-state index in [0.29, 0.717) is 19.6 Å². The Bertz CT molecular complexity index is 349. The zero-order chi connectivity index (χ0) is 14.0. The SMILES string of the molecule is OCCC(OCCOC1CCCCO1)c1ccccc1. The molecule has 0 saturated carbocycles. The molecule has 1 saturated heterocycles. The van der Waals surface area contributed by atoms with E-state index in [9.17, 15) is 0 Å². The van der Waals surface area contributed by atoms with Crippen LogP contribution in [0.4, 0.5) is 0 Å². The Balaban J connectivity index is 1.69. The lowest BCUT2D eigenvalue weighted by Crippen LogP contribution is -2.24. The second-order valence-electron chi connectivity index (χ2n) is 4.95. The summed E-state index contributed by atoms with van der Waals surface area (Å²) in [6.07, 6.45) is 3.73. The number of ether oxygens (including phenoxy) is 3. The van der Waals surface area contributed by atoms with E-state index in [2.05, 4.69) is 0 Å². The summed E-state index contributed by atoms with van der Waals surface area (Å²) in [5, 5.41) is 9.13.